The van der Waals surface area contributed by atoms with Gasteiger partial charge in [-0.1, -0.05) is 13.8 Å². The highest BCUT2D eigenvalue weighted by Gasteiger charge is 2.60. The van der Waals surface area contributed by atoms with Crippen molar-refractivity contribution in [2.75, 3.05) is 83.6 Å². The number of carbonyl (C=O) groups excluding carboxylic acids is 2. The van der Waals surface area contributed by atoms with Gasteiger partial charge in [0.15, 0.2) is 5.69 Å². The van der Waals surface area contributed by atoms with Gasteiger partial charge in [0.25, 0.3) is 5.69 Å². The minimum absolute atomic E-state index is 0.149. The molecule has 4 fully saturated rings. The van der Waals surface area contributed by atoms with Crippen LogP contribution in [0.5, 0.6) is 0 Å². The topological polar surface area (TPSA) is 226 Å². The number of rotatable bonds is 24. The number of hydrogen-bond acceptors (Lipinski definition) is 15. The predicted molar refractivity (Wildman–Crippen MR) is 214 cm³/mol. The molecule has 0 aromatic heterocycles. The third-order valence-corrected chi connectivity index (χ3v) is 13.8. The number of hydrogen-bond donors (Lipinski definition) is 3. The molecule has 16 nitrogen and oxygen atoms in total. The SMILES string of the molecule is CC12CCC3C(CCC4C[C@H](OC(=O)CNc5ccc([N+](=O)[O-])c(N)c5N=O)CCC43C)C1CCC2CCCC(=O)OCCOCCOCCOCCOCCN. The van der Waals surface area contributed by atoms with Gasteiger partial charge in [0, 0.05) is 19.0 Å². The highest BCUT2D eigenvalue weighted by molar-refractivity contribution is 5.86. The molecule has 4 saturated carbocycles. The lowest BCUT2D eigenvalue weighted by molar-refractivity contribution is -0.383. The van der Waals surface area contributed by atoms with Crippen LogP contribution in [0.2, 0.25) is 0 Å². The molecule has 1 aromatic rings. The molecule has 8 atom stereocenters. The molecule has 320 valence electrons. The summed E-state index contributed by atoms with van der Waals surface area (Å²) in [6, 6.07) is 2.50. The summed E-state index contributed by atoms with van der Waals surface area (Å²) in [6.45, 7) is 9.35. The lowest BCUT2D eigenvalue weighted by Crippen LogP contribution is -2.54. The smallest absolute Gasteiger partial charge is 0.325 e. The molecule has 0 amide bonds. The summed E-state index contributed by atoms with van der Waals surface area (Å²) < 4.78 is 33.0. The Morgan fingerprint density at radius 1 is 0.860 bits per heavy atom. The lowest BCUT2D eigenvalue weighted by Gasteiger charge is -2.61. The quantitative estimate of drug-likeness (QED) is 0.0261. The summed E-state index contributed by atoms with van der Waals surface area (Å²) in [6.07, 6.45) is 12.2. The number of carbonyl (C=O) groups is 2. The van der Waals surface area contributed by atoms with Crippen LogP contribution in [0.4, 0.5) is 22.7 Å². The normalized spacial score (nSPS) is 29.1. The van der Waals surface area contributed by atoms with Crippen molar-refractivity contribution in [1.29, 1.82) is 0 Å². The predicted octanol–water partition coefficient (Wildman–Crippen LogP) is 6.30. The monoisotopic (exact) mass is 803 g/mol. The molecule has 57 heavy (non-hydrogen) atoms. The number of nitrogens with one attached hydrogen (secondary N) is 1. The van der Waals surface area contributed by atoms with Crippen molar-refractivity contribution in [1.82, 2.24) is 0 Å². The maximum absolute atomic E-state index is 12.9. The van der Waals surface area contributed by atoms with E-state index in [-0.39, 0.29) is 47.7 Å². The van der Waals surface area contributed by atoms with Crippen LogP contribution in [0, 0.1) is 55.4 Å². The van der Waals surface area contributed by atoms with E-state index in [1.807, 2.05) is 0 Å². The molecule has 0 spiro atoms. The van der Waals surface area contributed by atoms with E-state index in [0.717, 1.165) is 38.5 Å². The number of fused-ring (bicyclic) bond motifs is 5. The highest BCUT2D eigenvalue weighted by Crippen LogP contribution is 2.68. The second-order valence-corrected chi connectivity index (χ2v) is 16.8. The van der Waals surface area contributed by atoms with Gasteiger partial charge in [0.05, 0.1) is 63.5 Å². The molecule has 5 N–H and O–H groups in total. The van der Waals surface area contributed by atoms with Gasteiger partial charge in [0.2, 0.25) is 0 Å². The summed E-state index contributed by atoms with van der Waals surface area (Å²) in [5, 5.41) is 16.8. The Bertz CT molecular complexity index is 1500. The first kappa shape index (κ1) is 44.7. The number of ether oxygens (including phenoxy) is 6. The van der Waals surface area contributed by atoms with Gasteiger partial charge in [-0.3, -0.25) is 19.7 Å². The number of benzene rings is 1. The van der Waals surface area contributed by atoms with Crippen LogP contribution in [-0.2, 0) is 38.0 Å². The molecule has 16 heteroatoms. The van der Waals surface area contributed by atoms with Gasteiger partial charge in [-0.2, -0.15) is 0 Å². The number of nitro groups is 1. The zero-order valence-corrected chi connectivity index (χ0v) is 33.9. The largest absolute Gasteiger partial charge is 0.463 e. The van der Waals surface area contributed by atoms with Crippen molar-refractivity contribution >= 4 is 34.7 Å². The standard InChI is InChI=1S/C41H65N5O11/c1-40-15-13-33-31(32(40)9-7-28(40)4-3-5-36(47)56-25-24-55-23-22-54-21-20-53-19-18-52-17-16-42)8-6-29-26-30(12-14-41(29,33)2)57-37(48)27-44-34-10-11-35(46(50)51)38(43)39(34)45-49/h10-11,28-33,44H,3-9,12-27,42-43H2,1-2H3/t28?,29?,30-,31?,32?,33?,40?,41?/m1/s1. The Labute approximate surface area is 336 Å². The first-order chi connectivity index (χ1) is 27.5. The Morgan fingerprint density at radius 2 is 1.51 bits per heavy atom. The number of esters is 2. The molecular weight excluding hydrogens is 738 g/mol. The fraction of sp³-hybridized carbons (Fsp3) is 0.805. The number of nitrogens with zero attached hydrogens (tertiary/aromatic N) is 2. The van der Waals surface area contributed by atoms with Gasteiger partial charge in [-0.05, 0) is 122 Å². The first-order valence-corrected chi connectivity index (χ1v) is 21.0. The van der Waals surface area contributed by atoms with Gasteiger partial charge in [-0.15, -0.1) is 4.91 Å². The molecule has 0 radical (unpaired) electrons. The van der Waals surface area contributed by atoms with Crippen molar-refractivity contribution in [2.45, 2.75) is 97.0 Å². The zero-order chi connectivity index (χ0) is 40.8. The fourth-order valence-electron chi connectivity index (χ4n) is 10.9. The number of nitroso groups, excluding NO2 is 1. The maximum atomic E-state index is 12.9. The summed E-state index contributed by atoms with van der Waals surface area (Å²) in [7, 11) is 0. The van der Waals surface area contributed by atoms with E-state index >= 15 is 0 Å². The second kappa shape index (κ2) is 21.5. The average Bonchev–Trinajstić information content (AvgIpc) is 3.53. The van der Waals surface area contributed by atoms with Gasteiger partial charge < -0.3 is 45.2 Å². The number of nitrogens with two attached hydrogens (primary N) is 2. The molecule has 7 unspecified atom stereocenters. The van der Waals surface area contributed by atoms with Crippen LogP contribution in [0.1, 0.15) is 90.9 Å². The molecule has 1 aromatic carbocycles. The Balaban J connectivity index is 0.968. The molecule has 4 aliphatic rings. The van der Waals surface area contributed by atoms with E-state index in [1.165, 1.54) is 44.2 Å². The molecular formula is C41H65N5O11. The van der Waals surface area contributed by atoms with Crippen LogP contribution in [0.15, 0.2) is 17.3 Å². The average molecular weight is 804 g/mol. The first-order valence-electron chi connectivity index (χ1n) is 21.0. The molecule has 0 aliphatic heterocycles. The third-order valence-electron chi connectivity index (χ3n) is 13.8. The van der Waals surface area contributed by atoms with E-state index in [2.05, 4.69) is 24.3 Å². The highest BCUT2D eigenvalue weighted by atomic mass is 16.6. The van der Waals surface area contributed by atoms with Crippen molar-refractivity contribution in [3.8, 4) is 0 Å². The lowest BCUT2D eigenvalue weighted by atomic mass is 9.44. The number of anilines is 2. The third kappa shape index (κ3) is 11.4. The van der Waals surface area contributed by atoms with Gasteiger partial charge in [-0.25, -0.2) is 0 Å². The van der Waals surface area contributed by atoms with E-state index < -0.39 is 16.6 Å². The number of nitro benzene ring substituents is 1. The van der Waals surface area contributed by atoms with E-state index in [9.17, 15) is 24.6 Å². The maximum Gasteiger partial charge on any atom is 0.325 e. The van der Waals surface area contributed by atoms with Crippen LogP contribution in [0.25, 0.3) is 0 Å². The van der Waals surface area contributed by atoms with E-state index in [1.54, 1.807) is 0 Å². The molecule has 0 bridgehead atoms. The van der Waals surface area contributed by atoms with Crippen LogP contribution in [0.3, 0.4) is 0 Å². The van der Waals surface area contributed by atoms with Crippen LogP contribution in [-0.4, -0.2) is 95.5 Å². The molecule has 5 rings (SSSR count). The van der Waals surface area contributed by atoms with Crippen LogP contribution < -0.4 is 16.8 Å². The van der Waals surface area contributed by atoms with Crippen molar-refractivity contribution in [3.05, 3.63) is 27.2 Å². The zero-order valence-electron chi connectivity index (χ0n) is 33.9. The van der Waals surface area contributed by atoms with Crippen molar-refractivity contribution in [3.63, 3.8) is 0 Å². The van der Waals surface area contributed by atoms with E-state index in [0.29, 0.717) is 101 Å². The Kier molecular flexibility index (Phi) is 16.9. The summed E-state index contributed by atoms with van der Waals surface area (Å²) in [4.78, 5) is 47.2. The minimum Gasteiger partial charge on any atom is -0.463 e. The summed E-state index contributed by atoms with van der Waals surface area (Å²) in [5.41, 5.74) is 10.8. The van der Waals surface area contributed by atoms with Gasteiger partial charge >= 0.3 is 11.9 Å². The van der Waals surface area contributed by atoms with Crippen molar-refractivity contribution in [2.24, 2.45) is 51.3 Å². The van der Waals surface area contributed by atoms with E-state index in [4.69, 9.17) is 39.9 Å². The fourth-order valence-corrected chi connectivity index (χ4v) is 10.9. The minimum atomic E-state index is -0.684. The Morgan fingerprint density at radius 3 is 2.18 bits per heavy atom. The van der Waals surface area contributed by atoms with Crippen LogP contribution >= 0.6 is 0 Å². The molecule has 0 saturated heterocycles. The van der Waals surface area contributed by atoms with Crippen molar-refractivity contribution < 1.29 is 42.9 Å². The summed E-state index contributed by atoms with van der Waals surface area (Å²) >= 11 is 0. The van der Waals surface area contributed by atoms with Gasteiger partial charge in [0.1, 0.15) is 24.9 Å². The number of nitrogen functional groups attached to an aromatic ring is 1. The second-order valence-electron chi connectivity index (χ2n) is 16.8. The Hall–Kier alpha value is -3.44. The molecule has 4 aliphatic carbocycles. The summed E-state index contributed by atoms with van der Waals surface area (Å²) in [5.74, 6) is 2.61. The molecule has 0 heterocycles.